The molecule has 2 heterocycles. The average Bonchev–Trinajstić information content (AvgIpc) is 3.29. The summed E-state index contributed by atoms with van der Waals surface area (Å²) in [6.07, 6.45) is 3.09. The van der Waals surface area contributed by atoms with E-state index in [1.54, 1.807) is 18.4 Å². The van der Waals surface area contributed by atoms with Gasteiger partial charge in [0, 0.05) is 10.6 Å². The van der Waals surface area contributed by atoms with E-state index in [2.05, 4.69) is 17.6 Å². The van der Waals surface area contributed by atoms with Crippen LogP contribution < -0.4 is 15.4 Å². The molecule has 1 aromatic carbocycles. The minimum absolute atomic E-state index is 0.0691. The highest BCUT2D eigenvalue weighted by molar-refractivity contribution is 7.16. The summed E-state index contributed by atoms with van der Waals surface area (Å²) >= 11 is 1.70. The predicted octanol–water partition coefficient (Wildman–Crippen LogP) is 5.65. The maximum atomic E-state index is 13.2. The van der Waals surface area contributed by atoms with Crippen molar-refractivity contribution in [3.05, 3.63) is 63.9 Å². The van der Waals surface area contributed by atoms with Gasteiger partial charge in [-0.1, -0.05) is 6.92 Å². The van der Waals surface area contributed by atoms with E-state index in [0.29, 0.717) is 12.5 Å². The number of nitrogens with one attached hydrogen (secondary N) is 2. The molecule has 0 saturated carbocycles. The van der Waals surface area contributed by atoms with E-state index in [0.717, 1.165) is 52.8 Å². The molecule has 0 bridgehead atoms. The van der Waals surface area contributed by atoms with Gasteiger partial charge in [-0.3, -0.25) is 4.79 Å². The summed E-state index contributed by atoms with van der Waals surface area (Å²) in [5.41, 5.74) is 2.72. The molecule has 4 rings (SSSR count). The first kappa shape index (κ1) is 19.6. The highest BCUT2D eigenvalue weighted by Crippen LogP contribution is 2.40. The van der Waals surface area contributed by atoms with Crippen molar-refractivity contribution in [1.29, 1.82) is 0 Å². The van der Waals surface area contributed by atoms with Crippen LogP contribution in [-0.2, 0) is 19.4 Å². The van der Waals surface area contributed by atoms with Crippen molar-refractivity contribution in [1.82, 2.24) is 0 Å². The van der Waals surface area contributed by atoms with Gasteiger partial charge in [0.25, 0.3) is 5.91 Å². The number of carbonyl (C=O) groups excluding carboxylic acids is 1. The molecule has 152 valence electrons. The third-order valence-electron chi connectivity index (χ3n) is 5.31. The van der Waals surface area contributed by atoms with Gasteiger partial charge in [0.2, 0.25) is 0 Å². The smallest absolute Gasteiger partial charge is 0.258 e. The Morgan fingerprint density at radius 3 is 2.72 bits per heavy atom. The average molecular weight is 411 g/mol. The van der Waals surface area contributed by atoms with Gasteiger partial charge in [-0.25, -0.2) is 0 Å². The van der Waals surface area contributed by atoms with Crippen molar-refractivity contribution in [3.63, 3.8) is 0 Å². The Kier molecular flexibility index (Phi) is 5.62. The van der Waals surface area contributed by atoms with Crippen LogP contribution in [0.1, 0.15) is 45.7 Å². The molecule has 1 atom stereocenters. The first-order valence-electron chi connectivity index (χ1n) is 9.92. The van der Waals surface area contributed by atoms with E-state index in [-0.39, 0.29) is 5.91 Å². The molecule has 1 amide bonds. The van der Waals surface area contributed by atoms with E-state index >= 15 is 0 Å². The zero-order valence-corrected chi connectivity index (χ0v) is 17.8. The number of fused-ring (bicyclic) bond motifs is 1. The van der Waals surface area contributed by atoms with Crippen molar-refractivity contribution >= 4 is 27.9 Å². The van der Waals surface area contributed by atoms with Crippen molar-refractivity contribution in [2.75, 3.05) is 17.7 Å². The predicted molar refractivity (Wildman–Crippen MR) is 117 cm³/mol. The zero-order valence-electron chi connectivity index (χ0n) is 17.0. The molecular formula is C23H26N2O3S. The van der Waals surface area contributed by atoms with Crippen LogP contribution in [0.25, 0.3) is 0 Å². The third kappa shape index (κ3) is 4.32. The number of hydrogen-bond donors (Lipinski definition) is 2. The maximum Gasteiger partial charge on any atom is 0.258 e. The minimum atomic E-state index is -0.0691. The van der Waals surface area contributed by atoms with Gasteiger partial charge < -0.3 is 19.8 Å². The van der Waals surface area contributed by atoms with Gasteiger partial charge in [0.1, 0.15) is 22.3 Å². The molecule has 0 radical (unpaired) electrons. The Morgan fingerprint density at radius 2 is 2.03 bits per heavy atom. The van der Waals surface area contributed by atoms with E-state index in [4.69, 9.17) is 9.15 Å². The fraction of sp³-hybridized carbons (Fsp3) is 0.348. The van der Waals surface area contributed by atoms with Gasteiger partial charge in [-0.2, -0.15) is 0 Å². The minimum Gasteiger partial charge on any atom is -0.497 e. The Morgan fingerprint density at radius 1 is 1.24 bits per heavy atom. The second-order valence-electron chi connectivity index (χ2n) is 7.60. The monoisotopic (exact) mass is 410 g/mol. The fourth-order valence-electron chi connectivity index (χ4n) is 3.73. The Bertz CT molecular complexity index is 1000. The summed E-state index contributed by atoms with van der Waals surface area (Å²) in [5.74, 6) is 3.10. The topological polar surface area (TPSA) is 63.5 Å². The first-order valence-corrected chi connectivity index (χ1v) is 10.7. The Hall–Kier alpha value is -2.73. The van der Waals surface area contributed by atoms with E-state index in [1.165, 1.54) is 10.4 Å². The lowest BCUT2D eigenvalue weighted by atomic mass is 9.88. The van der Waals surface area contributed by atoms with Crippen molar-refractivity contribution in [3.8, 4) is 5.75 Å². The van der Waals surface area contributed by atoms with Crippen molar-refractivity contribution in [2.24, 2.45) is 5.92 Å². The van der Waals surface area contributed by atoms with Crippen LogP contribution >= 0.6 is 11.3 Å². The summed E-state index contributed by atoms with van der Waals surface area (Å²) in [6, 6.07) is 11.3. The third-order valence-corrected chi connectivity index (χ3v) is 6.52. The molecule has 1 aliphatic rings. The second-order valence-corrected chi connectivity index (χ2v) is 8.71. The summed E-state index contributed by atoms with van der Waals surface area (Å²) < 4.78 is 10.9. The lowest BCUT2D eigenvalue weighted by Crippen LogP contribution is -2.17. The Balaban J connectivity index is 1.59. The van der Waals surface area contributed by atoms with Crippen LogP contribution in [-0.4, -0.2) is 13.0 Å². The van der Waals surface area contributed by atoms with Crippen LogP contribution in [0.15, 0.2) is 40.8 Å². The highest BCUT2D eigenvalue weighted by atomic mass is 32.1. The molecule has 0 saturated heterocycles. The molecule has 0 aliphatic heterocycles. The maximum absolute atomic E-state index is 13.2. The van der Waals surface area contributed by atoms with E-state index < -0.39 is 0 Å². The fourth-order valence-corrected chi connectivity index (χ4v) is 5.13. The molecule has 2 N–H and O–H groups in total. The van der Waals surface area contributed by atoms with Crippen LogP contribution in [0.3, 0.4) is 0 Å². The number of benzene rings is 1. The van der Waals surface area contributed by atoms with Crippen LogP contribution in [0, 0.1) is 12.8 Å². The van der Waals surface area contributed by atoms with Gasteiger partial charge >= 0.3 is 0 Å². The number of carbonyl (C=O) groups is 1. The van der Waals surface area contributed by atoms with E-state index in [9.17, 15) is 4.79 Å². The molecule has 3 aromatic rings. The summed E-state index contributed by atoms with van der Waals surface area (Å²) in [5, 5.41) is 7.41. The largest absolute Gasteiger partial charge is 0.497 e. The zero-order chi connectivity index (χ0) is 20.4. The number of furan rings is 1. The lowest BCUT2D eigenvalue weighted by Gasteiger charge is -2.18. The molecule has 29 heavy (non-hydrogen) atoms. The number of thiophene rings is 1. The number of amides is 1. The lowest BCUT2D eigenvalue weighted by molar-refractivity contribution is 0.102. The molecule has 0 unspecified atom stereocenters. The number of methoxy groups -OCH3 is 1. The standard InChI is InChI=1S/C23H26N2O3S/c1-14-4-11-19-20(12-14)29-23(24-13-18-8-5-15(2)28-18)21(19)22(26)25-16-6-9-17(27-3)10-7-16/h5-10,14,24H,4,11-13H2,1-3H3,(H,25,26)/t14-/m1/s1. The quantitative estimate of drug-likeness (QED) is 0.551. The number of aryl methyl sites for hydroxylation is 1. The molecular weight excluding hydrogens is 384 g/mol. The second kappa shape index (κ2) is 8.33. The van der Waals surface area contributed by atoms with Crippen molar-refractivity contribution in [2.45, 2.75) is 39.7 Å². The van der Waals surface area contributed by atoms with Gasteiger partial charge in [0.15, 0.2) is 0 Å². The molecule has 2 aromatic heterocycles. The van der Waals surface area contributed by atoms with Crippen LogP contribution in [0.4, 0.5) is 10.7 Å². The molecule has 0 spiro atoms. The molecule has 6 heteroatoms. The first-order chi connectivity index (χ1) is 14.0. The highest BCUT2D eigenvalue weighted by Gasteiger charge is 2.27. The van der Waals surface area contributed by atoms with Gasteiger partial charge in [-0.05, 0) is 74.1 Å². The summed E-state index contributed by atoms with van der Waals surface area (Å²) in [7, 11) is 1.63. The number of anilines is 2. The van der Waals surface area contributed by atoms with Crippen LogP contribution in [0.5, 0.6) is 5.75 Å². The summed E-state index contributed by atoms with van der Waals surface area (Å²) in [4.78, 5) is 14.5. The number of rotatable bonds is 6. The molecule has 1 aliphatic carbocycles. The summed E-state index contributed by atoms with van der Waals surface area (Å²) in [6.45, 7) is 4.77. The Labute approximate surface area is 175 Å². The SMILES string of the molecule is COc1ccc(NC(=O)c2c(NCc3ccc(C)o3)sc3c2CC[C@@H](C)C3)cc1. The number of hydrogen-bond acceptors (Lipinski definition) is 5. The molecule has 5 nitrogen and oxygen atoms in total. The van der Waals surface area contributed by atoms with Gasteiger partial charge in [0.05, 0.1) is 19.2 Å². The van der Waals surface area contributed by atoms with Crippen LogP contribution in [0.2, 0.25) is 0 Å². The molecule has 0 fully saturated rings. The number of ether oxygens (including phenoxy) is 1. The van der Waals surface area contributed by atoms with Gasteiger partial charge in [-0.15, -0.1) is 11.3 Å². The van der Waals surface area contributed by atoms with E-state index in [1.807, 2.05) is 43.3 Å². The normalized spacial score (nSPS) is 15.6. The van der Waals surface area contributed by atoms with Crippen molar-refractivity contribution < 1.29 is 13.9 Å².